The van der Waals surface area contributed by atoms with Crippen molar-refractivity contribution < 1.29 is 16.8 Å². The SMILES string of the molecule is Cc1nn(-c2cc(NS(C)(=O)=O)c(Cl)cc2Cl)c(=O)n1-c1ccc(NS(C)(=O)=O)cc1. The first-order valence-electron chi connectivity index (χ1n) is 8.49. The highest BCUT2D eigenvalue weighted by Crippen LogP contribution is 2.31. The van der Waals surface area contributed by atoms with E-state index in [1.807, 2.05) is 0 Å². The molecule has 2 aromatic carbocycles. The summed E-state index contributed by atoms with van der Waals surface area (Å²) < 4.78 is 52.8. The van der Waals surface area contributed by atoms with Crippen LogP contribution in [-0.2, 0) is 20.0 Å². The molecule has 1 heterocycles. The fraction of sp³-hybridized carbons (Fsp3) is 0.176. The van der Waals surface area contributed by atoms with Gasteiger partial charge in [-0.25, -0.2) is 26.2 Å². The molecule has 0 aliphatic rings. The predicted molar refractivity (Wildman–Crippen MR) is 121 cm³/mol. The van der Waals surface area contributed by atoms with Crippen LogP contribution in [0.2, 0.25) is 10.0 Å². The van der Waals surface area contributed by atoms with E-state index >= 15 is 0 Å². The average molecular weight is 506 g/mol. The highest BCUT2D eigenvalue weighted by Gasteiger charge is 2.18. The molecule has 0 saturated carbocycles. The number of rotatable bonds is 6. The summed E-state index contributed by atoms with van der Waals surface area (Å²) in [4.78, 5) is 13.1. The number of nitrogens with zero attached hydrogens (tertiary/aromatic N) is 3. The minimum Gasteiger partial charge on any atom is -0.284 e. The van der Waals surface area contributed by atoms with Crippen LogP contribution in [0.3, 0.4) is 0 Å². The molecule has 0 saturated heterocycles. The van der Waals surface area contributed by atoms with Gasteiger partial charge in [-0.15, -0.1) is 5.10 Å². The Labute approximate surface area is 188 Å². The summed E-state index contributed by atoms with van der Waals surface area (Å²) in [7, 11) is -7.06. The van der Waals surface area contributed by atoms with Gasteiger partial charge in [0.25, 0.3) is 0 Å². The number of aromatic nitrogens is 3. The molecule has 3 aromatic rings. The number of anilines is 2. The summed E-state index contributed by atoms with van der Waals surface area (Å²) in [6.07, 6.45) is 1.99. The molecule has 166 valence electrons. The zero-order valence-corrected chi connectivity index (χ0v) is 19.6. The van der Waals surface area contributed by atoms with Crippen molar-refractivity contribution in [3.05, 3.63) is 62.8 Å². The fourth-order valence-corrected chi connectivity index (χ4v) is 4.49. The molecule has 1 aromatic heterocycles. The quantitative estimate of drug-likeness (QED) is 0.528. The van der Waals surface area contributed by atoms with Crippen LogP contribution in [0.25, 0.3) is 11.4 Å². The van der Waals surface area contributed by atoms with Crippen molar-refractivity contribution in [2.24, 2.45) is 0 Å². The fourth-order valence-electron chi connectivity index (χ4n) is 2.79. The molecule has 0 amide bonds. The zero-order chi connectivity index (χ0) is 23.1. The molecule has 2 N–H and O–H groups in total. The molecular formula is C17H17Cl2N5O5S2. The van der Waals surface area contributed by atoms with Gasteiger partial charge in [0.15, 0.2) is 0 Å². The number of hydrogen-bond donors (Lipinski definition) is 2. The standard InChI is InChI=1S/C17H17Cl2N5O5S2/c1-10-20-24(16-9-15(22-31(3,28)29)13(18)8-14(16)19)17(25)23(10)12-6-4-11(5-7-12)21-30(2,26)27/h4-9,21-22H,1-3H3. The molecule has 0 atom stereocenters. The van der Waals surface area contributed by atoms with Gasteiger partial charge in [-0.05, 0) is 43.3 Å². The molecule has 0 spiro atoms. The molecule has 0 bridgehead atoms. The van der Waals surface area contributed by atoms with Gasteiger partial charge in [0, 0.05) is 5.69 Å². The van der Waals surface area contributed by atoms with E-state index in [0.717, 1.165) is 17.2 Å². The van der Waals surface area contributed by atoms with Gasteiger partial charge in [-0.2, -0.15) is 4.68 Å². The zero-order valence-electron chi connectivity index (χ0n) is 16.4. The van der Waals surface area contributed by atoms with Gasteiger partial charge in [-0.3, -0.25) is 9.44 Å². The molecular weight excluding hydrogens is 489 g/mol. The van der Waals surface area contributed by atoms with Crippen molar-refractivity contribution in [2.75, 3.05) is 22.0 Å². The monoisotopic (exact) mass is 505 g/mol. The maximum atomic E-state index is 13.1. The van der Waals surface area contributed by atoms with Crippen molar-refractivity contribution in [1.82, 2.24) is 14.3 Å². The normalized spacial score (nSPS) is 12.0. The van der Waals surface area contributed by atoms with Crippen LogP contribution in [0, 0.1) is 6.92 Å². The van der Waals surface area contributed by atoms with Crippen LogP contribution in [0.15, 0.2) is 41.2 Å². The Bertz CT molecular complexity index is 1430. The maximum absolute atomic E-state index is 13.1. The Kier molecular flexibility index (Phi) is 6.11. The van der Waals surface area contributed by atoms with E-state index in [4.69, 9.17) is 23.2 Å². The second kappa shape index (κ2) is 8.19. The van der Waals surface area contributed by atoms with E-state index in [2.05, 4.69) is 14.5 Å². The number of halogens is 2. The summed E-state index contributed by atoms with van der Waals surface area (Å²) in [6.45, 7) is 1.60. The Balaban J connectivity index is 2.08. The Morgan fingerprint density at radius 2 is 1.48 bits per heavy atom. The Morgan fingerprint density at radius 3 is 2.03 bits per heavy atom. The van der Waals surface area contributed by atoms with Crippen molar-refractivity contribution in [3.63, 3.8) is 0 Å². The van der Waals surface area contributed by atoms with Crippen LogP contribution in [0.5, 0.6) is 0 Å². The highest BCUT2D eigenvalue weighted by atomic mass is 35.5. The van der Waals surface area contributed by atoms with E-state index in [1.54, 1.807) is 19.1 Å². The molecule has 0 aliphatic heterocycles. The van der Waals surface area contributed by atoms with E-state index < -0.39 is 25.7 Å². The lowest BCUT2D eigenvalue weighted by molar-refractivity contribution is 0.605. The van der Waals surface area contributed by atoms with Crippen molar-refractivity contribution in [2.45, 2.75) is 6.92 Å². The summed E-state index contributed by atoms with van der Waals surface area (Å²) in [5.74, 6) is 0.317. The topological polar surface area (TPSA) is 132 Å². The van der Waals surface area contributed by atoms with Crippen LogP contribution < -0.4 is 15.1 Å². The van der Waals surface area contributed by atoms with E-state index in [9.17, 15) is 21.6 Å². The van der Waals surface area contributed by atoms with Crippen LogP contribution >= 0.6 is 23.2 Å². The number of sulfonamides is 2. The third-order valence-electron chi connectivity index (χ3n) is 3.93. The summed E-state index contributed by atoms with van der Waals surface area (Å²) in [6, 6.07) is 8.72. The van der Waals surface area contributed by atoms with E-state index in [0.29, 0.717) is 17.2 Å². The maximum Gasteiger partial charge on any atom is 0.355 e. The van der Waals surface area contributed by atoms with Crippen LogP contribution in [-0.4, -0.2) is 43.7 Å². The van der Waals surface area contributed by atoms with Crippen molar-refractivity contribution >= 4 is 54.6 Å². The molecule has 10 nitrogen and oxygen atoms in total. The van der Waals surface area contributed by atoms with Gasteiger partial charge in [0.05, 0.1) is 39.6 Å². The Morgan fingerprint density at radius 1 is 0.903 bits per heavy atom. The van der Waals surface area contributed by atoms with Gasteiger partial charge < -0.3 is 0 Å². The summed E-state index contributed by atoms with van der Waals surface area (Å²) in [5.41, 5.74) is 0.364. The first kappa shape index (κ1) is 23.1. The van der Waals surface area contributed by atoms with Gasteiger partial charge >= 0.3 is 5.69 Å². The molecule has 14 heteroatoms. The number of hydrogen-bond acceptors (Lipinski definition) is 6. The molecule has 0 aliphatic carbocycles. The molecule has 0 fully saturated rings. The first-order valence-corrected chi connectivity index (χ1v) is 13.0. The lowest BCUT2D eigenvalue weighted by atomic mass is 10.3. The smallest absolute Gasteiger partial charge is 0.284 e. The van der Waals surface area contributed by atoms with Gasteiger partial charge in [0.1, 0.15) is 5.82 Å². The largest absolute Gasteiger partial charge is 0.355 e. The second-order valence-corrected chi connectivity index (χ2v) is 11.0. The van der Waals surface area contributed by atoms with Gasteiger partial charge in [-0.1, -0.05) is 23.2 Å². The molecule has 0 radical (unpaired) electrons. The van der Waals surface area contributed by atoms with Crippen molar-refractivity contribution in [1.29, 1.82) is 0 Å². The lowest BCUT2D eigenvalue weighted by Crippen LogP contribution is -2.23. The van der Waals surface area contributed by atoms with Crippen LogP contribution in [0.4, 0.5) is 11.4 Å². The third-order valence-corrected chi connectivity index (χ3v) is 5.74. The number of aryl methyl sites for hydroxylation is 1. The van der Waals surface area contributed by atoms with E-state index in [-0.39, 0.29) is 21.4 Å². The Hall–Kier alpha value is -2.54. The third kappa shape index (κ3) is 5.39. The molecule has 31 heavy (non-hydrogen) atoms. The first-order chi connectivity index (χ1) is 14.2. The summed E-state index contributed by atoms with van der Waals surface area (Å²) in [5, 5.41) is 4.36. The number of benzene rings is 2. The number of nitrogens with one attached hydrogen (secondary N) is 2. The minimum atomic E-state index is -3.62. The second-order valence-electron chi connectivity index (χ2n) is 6.66. The predicted octanol–water partition coefficient (Wildman–Crippen LogP) is 2.38. The van der Waals surface area contributed by atoms with E-state index in [1.165, 1.54) is 28.8 Å². The van der Waals surface area contributed by atoms with Gasteiger partial charge in [0.2, 0.25) is 20.0 Å². The van der Waals surface area contributed by atoms with Crippen LogP contribution in [0.1, 0.15) is 5.82 Å². The lowest BCUT2D eigenvalue weighted by Gasteiger charge is -2.10. The highest BCUT2D eigenvalue weighted by molar-refractivity contribution is 7.92. The summed E-state index contributed by atoms with van der Waals surface area (Å²) >= 11 is 12.3. The average Bonchev–Trinajstić information content (AvgIpc) is 2.90. The van der Waals surface area contributed by atoms with Crippen molar-refractivity contribution in [3.8, 4) is 11.4 Å². The minimum absolute atomic E-state index is 0.0406. The molecule has 3 rings (SSSR count). The molecule has 0 unspecified atom stereocenters.